The van der Waals surface area contributed by atoms with Gasteiger partial charge in [-0.3, -0.25) is 19.5 Å². The molecular formula is C18H29N5O3. The van der Waals surface area contributed by atoms with Gasteiger partial charge in [-0.05, 0) is 13.3 Å². The van der Waals surface area contributed by atoms with Crippen molar-refractivity contribution < 1.29 is 14.3 Å². The van der Waals surface area contributed by atoms with Crippen molar-refractivity contribution in [3.63, 3.8) is 0 Å². The SMILES string of the molecule is CCCNC(=O)CCN(CCN1CCOCC1)C(=O)c1cnc(C)cn1. The van der Waals surface area contributed by atoms with Gasteiger partial charge in [-0.15, -0.1) is 0 Å². The van der Waals surface area contributed by atoms with E-state index < -0.39 is 0 Å². The van der Waals surface area contributed by atoms with E-state index in [4.69, 9.17) is 4.74 Å². The Morgan fingerprint density at radius 3 is 2.65 bits per heavy atom. The maximum Gasteiger partial charge on any atom is 0.274 e. The summed E-state index contributed by atoms with van der Waals surface area (Å²) in [6.07, 6.45) is 4.26. The van der Waals surface area contributed by atoms with Crippen molar-refractivity contribution in [3.05, 3.63) is 23.8 Å². The third kappa shape index (κ3) is 6.68. The van der Waals surface area contributed by atoms with Gasteiger partial charge in [0.2, 0.25) is 5.91 Å². The molecule has 1 N–H and O–H groups in total. The number of aryl methyl sites for hydroxylation is 1. The summed E-state index contributed by atoms with van der Waals surface area (Å²) >= 11 is 0. The summed E-state index contributed by atoms with van der Waals surface area (Å²) in [6, 6.07) is 0. The maximum atomic E-state index is 12.8. The largest absolute Gasteiger partial charge is 0.379 e. The van der Waals surface area contributed by atoms with Crippen molar-refractivity contribution in [3.8, 4) is 0 Å². The molecule has 8 heteroatoms. The zero-order valence-electron chi connectivity index (χ0n) is 15.7. The molecule has 0 atom stereocenters. The highest BCUT2D eigenvalue weighted by molar-refractivity contribution is 5.92. The minimum absolute atomic E-state index is 0.0361. The zero-order valence-corrected chi connectivity index (χ0v) is 15.7. The summed E-state index contributed by atoms with van der Waals surface area (Å²) in [6.45, 7) is 9.34. The quantitative estimate of drug-likeness (QED) is 0.686. The summed E-state index contributed by atoms with van der Waals surface area (Å²) in [4.78, 5) is 37.0. The predicted octanol–water partition coefficient (Wildman–Crippen LogP) is 0.476. The number of nitrogens with one attached hydrogen (secondary N) is 1. The second kappa shape index (κ2) is 10.8. The van der Waals surface area contributed by atoms with Crippen molar-refractivity contribution in [1.82, 2.24) is 25.1 Å². The van der Waals surface area contributed by atoms with E-state index in [0.29, 0.717) is 25.3 Å². The van der Waals surface area contributed by atoms with Gasteiger partial charge in [-0.1, -0.05) is 6.92 Å². The van der Waals surface area contributed by atoms with Crippen molar-refractivity contribution in [2.24, 2.45) is 0 Å². The summed E-state index contributed by atoms with van der Waals surface area (Å²) in [5, 5.41) is 2.85. The van der Waals surface area contributed by atoms with E-state index in [2.05, 4.69) is 20.2 Å². The van der Waals surface area contributed by atoms with Crippen LogP contribution in [0.1, 0.15) is 35.9 Å². The molecule has 2 heterocycles. The molecule has 2 amide bonds. The Hall–Kier alpha value is -2.06. The minimum Gasteiger partial charge on any atom is -0.379 e. The van der Waals surface area contributed by atoms with Crippen LogP contribution in [-0.4, -0.2) is 84.1 Å². The third-order valence-electron chi connectivity index (χ3n) is 4.26. The molecule has 2 rings (SSSR count). The van der Waals surface area contributed by atoms with Crippen molar-refractivity contribution in [1.29, 1.82) is 0 Å². The molecule has 1 aliphatic rings. The first-order chi connectivity index (χ1) is 12.6. The average molecular weight is 363 g/mol. The molecule has 0 bridgehead atoms. The fourth-order valence-corrected chi connectivity index (χ4v) is 2.66. The fraction of sp³-hybridized carbons (Fsp3) is 0.667. The molecule has 0 aliphatic carbocycles. The van der Waals surface area contributed by atoms with Crippen molar-refractivity contribution in [2.45, 2.75) is 26.7 Å². The Morgan fingerprint density at radius 2 is 2.00 bits per heavy atom. The van der Waals surface area contributed by atoms with Gasteiger partial charge in [-0.2, -0.15) is 0 Å². The van der Waals surface area contributed by atoms with E-state index in [9.17, 15) is 9.59 Å². The van der Waals surface area contributed by atoms with Gasteiger partial charge >= 0.3 is 0 Å². The smallest absolute Gasteiger partial charge is 0.274 e. The monoisotopic (exact) mass is 363 g/mol. The summed E-state index contributed by atoms with van der Waals surface area (Å²) in [5.41, 5.74) is 1.08. The van der Waals surface area contributed by atoms with E-state index in [1.165, 1.54) is 6.20 Å². The lowest BCUT2D eigenvalue weighted by molar-refractivity contribution is -0.121. The molecule has 1 aliphatic heterocycles. The summed E-state index contributed by atoms with van der Waals surface area (Å²) in [5.74, 6) is -0.222. The van der Waals surface area contributed by atoms with Crippen LogP contribution in [0, 0.1) is 6.92 Å². The van der Waals surface area contributed by atoms with Crippen molar-refractivity contribution >= 4 is 11.8 Å². The van der Waals surface area contributed by atoms with Crippen LogP contribution in [0.4, 0.5) is 0 Å². The minimum atomic E-state index is -0.186. The van der Waals surface area contributed by atoms with E-state index in [0.717, 1.165) is 45.0 Å². The Morgan fingerprint density at radius 1 is 1.23 bits per heavy atom. The maximum absolute atomic E-state index is 12.8. The van der Waals surface area contributed by atoms with Gasteiger partial charge in [0, 0.05) is 51.9 Å². The number of morpholine rings is 1. The Labute approximate surface area is 154 Å². The summed E-state index contributed by atoms with van der Waals surface area (Å²) < 4.78 is 5.36. The van der Waals surface area contributed by atoms with Crippen molar-refractivity contribution in [2.75, 3.05) is 52.5 Å². The average Bonchev–Trinajstić information content (AvgIpc) is 2.67. The van der Waals surface area contributed by atoms with Crippen LogP contribution in [0.3, 0.4) is 0 Å². The lowest BCUT2D eigenvalue weighted by atomic mass is 10.3. The number of nitrogens with zero attached hydrogens (tertiary/aromatic N) is 4. The number of carbonyl (C=O) groups is 2. The van der Waals surface area contributed by atoms with Gasteiger partial charge in [0.05, 0.1) is 25.1 Å². The topological polar surface area (TPSA) is 87.7 Å². The van der Waals surface area contributed by atoms with Crippen LogP contribution in [0.5, 0.6) is 0 Å². The van der Waals surface area contributed by atoms with Crippen LogP contribution in [-0.2, 0) is 9.53 Å². The Kier molecular flexibility index (Phi) is 8.43. The van der Waals surface area contributed by atoms with E-state index in [1.807, 2.05) is 13.8 Å². The molecule has 0 unspecified atom stereocenters. The lowest BCUT2D eigenvalue weighted by Crippen LogP contribution is -2.44. The van der Waals surface area contributed by atoms with Gasteiger partial charge in [0.1, 0.15) is 5.69 Å². The molecular weight excluding hydrogens is 334 g/mol. The first-order valence-corrected chi connectivity index (χ1v) is 9.25. The normalized spacial score (nSPS) is 14.8. The number of hydrogen-bond acceptors (Lipinski definition) is 6. The number of amides is 2. The summed E-state index contributed by atoms with van der Waals surface area (Å²) in [7, 11) is 0. The number of rotatable bonds is 9. The van der Waals surface area contributed by atoms with Crippen LogP contribution in [0.2, 0.25) is 0 Å². The predicted molar refractivity (Wildman–Crippen MR) is 97.8 cm³/mol. The van der Waals surface area contributed by atoms with Crippen LogP contribution in [0.25, 0.3) is 0 Å². The van der Waals surface area contributed by atoms with Gasteiger partial charge < -0.3 is 15.0 Å². The number of carbonyl (C=O) groups excluding carboxylic acids is 2. The lowest BCUT2D eigenvalue weighted by Gasteiger charge is -2.30. The Bertz CT molecular complexity index is 573. The number of hydrogen-bond donors (Lipinski definition) is 1. The standard InChI is InChI=1S/C18H29N5O3/c1-3-5-19-17(24)4-6-23(8-7-22-9-11-26-12-10-22)18(25)16-14-20-15(2)13-21-16/h13-14H,3-12H2,1-2H3,(H,19,24). The third-order valence-corrected chi connectivity index (χ3v) is 4.26. The highest BCUT2D eigenvalue weighted by atomic mass is 16.5. The molecule has 0 aromatic carbocycles. The van der Waals surface area contributed by atoms with Gasteiger partial charge in [0.15, 0.2) is 0 Å². The molecule has 1 saturated heterocycles. The molecule has 1 aromatic heterocycles. The van der Waals surface area contributed by atoms with Gasteiger partial charge in [0.25, 0.3) is 5.91 Å². The second-order valence-corrected chi connectivity index (χ2v) is 6.39. The van der Waals surface area contributed by atoms with Crippen LogP contribution >= 0.6 is 0 Å². The van der Waals surface area contributed by atoms with E-state index in [-0.39, 0.29) is 18.2 Å². The molecule has 0 spiro atoms. The first kappa shape index (κ1) is 20.3. The van der Waals surface area contributed by atoms with Gasteiger partial charge in [-0.25, -0.2) is 4.98 Å². The highest BCUT2D eigenvalue weighted by Crippen LogP contribution is 2.05. The molecule has 1 aromatic rings. The molecule has 8 nitrogen and oxygen atoms in total. The Balaban J connectivity index is 1.95. The zero-order chi connectivity index (χ0) is 18.8. The number of aromatic nitrogens is 2. The molecule has 1 fully saturated rings. The molecule has 26 heavy (non-hydrogen) atoms. The number of ether oxygens (including phenoxy) is 1. The highest BCUT2D eigenvalue weighted by Gasteiger charge is 2.20. The molecule has 0 saturated carbocycles. The molecule has 0 radical (unpaired) electrons. The fourth-order valence-electron chi connectivity index (χ4n) is 2.66. The van der Waals surface area contributed by atoms with E-state index in [1.54, 1.807) is 11.1 Å². The first-order valence-electron chi connectivity index (χ1n) is 9.25. The second-order valence-electron chi connectivity index (χ2n) is 6.39. The van der Waals surface area contributed by atoms with E-state index >= 15 is 0 Å². The van der Waals surface area contributed by atoms with Crippen LogP contribution < -0.4 is 5.32 Å². The van der Waals surface area contributed by atoms with Crippen LogP contribution in [0.15, 0.2) is 12.4 Å². The molecule has 144 valence electrons.